The van der Waals surface area contributed by atoms with E-state index in [1.165, 1.54) is 4.31 Å². The molecule has 1 fully saturated rings. The topological polar surface area (TPSA) is 37.4 Å². The van der Waals surface area contributed by atoms with Gasteiger partial charge >= 0.3 is 0 Å². The minimum Gasteiger partial charge on any atom is -0.270 e. The summed E-state index contributed by atoms with van der Waals surface area (Å²) >= 11 is 0. The van der Waals surface area contributed by atoms with E-state index < -0.39 is 15.4 Å². The summed E-state index contributed by atoms with van der Waals surface area (Å²) in [6.07, 6.45) is 0. The van der Waals surface area contributed by atoms with Gasteiger partial charge in [-0.2, -0.15) is 0 Å². The van der Waals surface area contributed by atoms with Crippen LogP contribution in [-0.2, 0) is 15.4 Å². The highest BCUT2D eigenvalue weighted by Crippen LogP contribution is 2.57. The largest absolute Gasteiger partial charge is 0.270 e. The van der Waals surface area contributed by atoms with E-state index in [0.29, 0.717) is 17.1 Å². The van der Waals surface area contributed by atoms with Crippen LogP contribution in [-0.4, -0.2) is 19.3 Å². The molecule has 1 aliphatic heterocycles. The maximum atomic E-state index is 13.4. The van der Waals surface area contributed by atoms with Gasteiger partial charge in [-0.3, -0.25) is 4.31 Å². The molecule has 1 heterocycles. The highest BCUT2D eigenvalue weighted by Gasteiger charge is 2.57. The molecule has 3 rings (SSSR count). The number of allylic oxidation sites excluding steroid dienone is 1. The Balaban J connectivity index is 2.16. The van der Waals surface area contributed by atoms with Crippen LogP contribution < -0.4 is 0 Å². The predicted octanol–water partition coefficient (Wildman–Crippen LogP) is 5.13. The summed E-state index contributed by atoms with van der Waals surface area (Å²) in [6.45, 7) is 15.4. The highest BCUT2D eigenvalue weighted by molar-refractivity contribution is 7.89. The van der Waals surface area contributed by atoms with Gasteiger partial charge in [-0.25, -0.2) is 8.42 Å². The summed E-state index contributed by atoms with van der Waals surface area (Å²) in [5.41, 5.74) is 2.18. The van der Waals surface area contributed by atoms with Crippen molar-refractivity contribution in [2.45, 2.75) is 44.9 Å². The van der Waals surface area contributed by atoms with Gasteiger partial charge in [-0.1, -0.05) is 82.3 Å². The molecule has 0 spiro atoms. The minimum atomic E-state index is -3.64. The first-order valence-corrected chi connectivity index (χ1v) is 10.8. The third-order valence-corrected chi connectivity index (χ3v) is 7.77. The molecule has 2 aromatic carbocycles. The van der Waals surface area contributed by atoms with Gasteiger partial charge in [0.05, 0.1) is 4.90 Å². The molecule has 0 aromatic heterocycles. The van der Waals surface area contributed by atoms with E-state index in [2.05, 4.69) is 46.4 Å². The molecular formula is C23H29NO2S. The Labute approximate surface area is 163 Å². The molecule has 0 saturated carbocycles. The second-order valence-corrected chi connectivity index (χ2v) is 10.5. The van der Waals surface area contributed by atoms with Crippen LogP contribution in [0.2, 0.25) is 0 Å². The van der Waals surface area contributed by atoms with Gasteiger partial charge in [0.15, 0.2) is 0 Å². The van der Waals surface area contributed by atoms with Gasteiger partial charge in [0.2, 0.25) is 0 Å². The lowest BCUT2D eigenvalue weighted by molar-refractivity contribution is 0.180. The van der Waals surface area contributed by atoms with E-state index in [-0.39, 0.29) is 11.3 Å². The van der Waals surface area contributed by atoms with Crippen molar-refractivity contribution in [2.24, 2.45) is 11.3 Å². The van der Waals surface area contributed by atoms with Gasteiger partial charge in [0, 0.05) is 17.7 Å². The van der Waals surface area contributed by atoms with Crippen LogP contribution in [0.5, 0.6) is 0 Å². The zero-order chi connectivity index (χ0) is 20.0. The summed E-state index contributed by atoms with van der Waals surface area (Å²) in [5.74, 6) is 0.104. The lowest BCUT2D eigenvalue weighted by atomic mass is 9.57. The molecule has 0 aliphatic carbocycles. The molecular weight excluding hydrogens is 354 g/mol. The van der Waals surface area contributed by atoms with Crippen molar-refractivity contribution in [1.29, 1.82) is 0 Å². The number of aryl methyl sites for hydroxylation is 1. The molecule has 1 saturated heterocycles. The average molecular weight is 384 g/mol. The maximum Gasteiger partial charge on any atom is 0.264 e. The third-order valence-electron chi connectivity index (χ3n) is 5.96. The van der Waals surface area contributed by atoms with E-state index in [9.17, 15) is 8.42 Å². The molecule has 4 heteroatoms. The Morgan fingerprint density at radius 1 is 1.04 bits per heavy atom. The molecule has 144 valence electrons. The lowest BCUT2D eigenvalue weighted by Gasteiger charge is -2.46. The molecule has 0 amide bonds. The molecule has 27 heavy (non-hydrogen) atoms. The van der Waals surface area contributed by atoms with Crippen LogP contribution >= 0.6 is 0 Å². The second-order valence-electron chi connectivity index (χ2n) is 8.62. The van der Waals surface area contributed by atoms with Gasteiger partial charge in [0.1, 0.15) is 0 Å². The van der Waals surface area contributed by atoms with Gasteiger partial charge < -0.3 is 0 Å². The van der Waals surface area contributed by atoms with Gasteiger partial charge in [-0.05, 0) is 36.0 Å². The summed E-state index contributed by atoms with van der Waals surface area (Å²) < 4.78 is 28.4. The summed E-state index contributed by atoms with van der Waals surface area (Å²) in [5, 5.41) is 0. The summed E-state index contributed by atoms with van der Waals surface area (Å²) in [7, 11) is -3.64. The molecule has 0 bridgehead atoms. The van der Waals surface area contributed by atoms with Crippen LogP contribution in [0.15, 0.2) is 71.8 Å². The van der Waals surface area contributed by atoms with Crippen LogP contribution in [0.25, 0.3) is 0 Å². The monoisotopic (exact) mass is 383 g/mol. The molecule has 1 unspecified atom stereocenters. The Morgan fingerprint density at radius 2 is 1.59 bits per heavy atom. The van der Waals surface area contributed by atoms with E-state index in [0.717, 1.165) is 11.1 Å². The fourth-order valence-corrected chi connectivity index (χ4v) is 6.40. The standard InChI is InChI=1S/C23H29NO2S/c1-17-12-14-21(15-13-17)27(25,26)24-16-18(2)23(19(24)3,22(4,5)6)20-10-8-7-9-11-20/h7-15,18H,3,16H2,1-2,4-6H3/t18?,23-/m0/s1. The van der Waals surface area contributed by atoms with Crippen molar-refractivity contribution in [1.82, 2.24) is 4.31 Å². The first kappa shape index (κ1) is 19.7. The number of nitrogens with zero attached hydrogens (tertiary/aromatic N) is 1. The van der Waals surface area contributed by atoms with Crippen LogP contribution in [0.4, 0.5) is 0 Å². The van der Waals surface area contributed by atoms with Crippen LogP contribution in [0.3, 0.4) is 0 Å². The van der Waals surface area contributed by atoms with Crippen molar-refractivity contribution in [3.8, 4) is 0 Å². The van der Waals surface area contributed by atoms with E-state index >= 15 is 0 Å². The summed E-state index contributed by atoms with van der Waals surface area (Å²) in [4.78, 5) is 0.319. The zero-order valence-electron chi connectivity index (χ0n) is 16.9. The highest BCUT2D eigenvalue weighted by atomic mass is 32.2. The quantitative estimate of drug-likeness (QED) is 0.736. The molecule has 2 aromatic rings. The predicted molar refractivity (Wildman–Crippen MR) is 111 cm³/mol. The first-order valence-electron chi connectivity index (χ1n) is 9.37. The number of benzene rings is 2. The lowest BCUT2D eigenvalue weighted by Crippen LogP contribution is -2.45. The number of hydrogen-bond donors (Lipinski definition) is 0. The van der Waals surface area contributed by atoms with Gasteiger partial charge in [-0.15, -0.1) is 0 Å². The molecule has 3 nitrogen and oxygen atoms in total. The Hall–Kier alpha value is -2.07. The zero-order valence-corrected chi connectivity index (χ0v) is 17.7. The average Bonchev–Trinajstić information content (AvgIpc) is 2.88. The third kappa shape index (κ3) is 2.91. The Bertz CT molecular complexity index is 940. The van der Waals surface area contributed by atoms with Crippen molar-refractivity contribution in [2.75, 3.05) is 6.54 Å². The van der Waals surface area contributed by atoms with Crippen LogP contribution in [0, 0.1) is 18.3 Å². The Morgan fingerprint density at radius 3 is 2.11 bits per heavy atom. The number of rotatable bonds is 3. The SMILES string of the molecule is C=C1N(S(=O)(=O)c2ccc(C)cc2)CC(C)[C@]1(c1ccccc1)C(C)(C)C. The fraction of sp³-hybridized carbons (Fsp3) is 0.391. The molecule has 1 aliphatic rings. The minimum absolute atomic E-state index is 0.104. The van der Waals surface area contributed by atoms with Crippen molar-refractivity contribution < 1.29 is 8.42 Å². The number of sulfonamides is 1. The first-order chi connectivity index (χ1) is 12.5. The van der Waals surface area contributed by atoms with Crippen molar-refractivity contribution >= 4 is 10.0 Å². The number of hydrogen-bond acceptors (Lipinski definition) is 2. The summed E-state index contributed by atoms with van der Waals surface area (Å²) in [6, 6.07) is 17.2. The molecule has 0 radical (unpaired) electrons. The Kier molecular flexibility index (Phi) is 4.75. The molecule has 0 N–H and O–H groups in total. The van der Waals surface area contributed by atoms with Crippen molar-refractivity contribution in [3.63, 3.8) is 0 Å². The van der Waals surface area contributed by atoms with Gasteiger partial charge in [0.25, 0.3) is 10.0 Å². The fourth-order valence-electron chi connectivity index (χ4n) is 4.81. The van der Waals surface area contributed by atoms with E-state index in [4.69, 9.17) is 0 Å². The van der Waals surface area contributed by atoms with Crippen LogP contribution in [0.1, 0.15) is 38.8 Å². The van der Waals surface area contributed by atoms with E-state index in [1.807, 2.05) is 37.3 Å². The second kappa shape index (κ2) is 6.52. The normalized spacial score (nSPS) is 23.7. The van der Waals surface area contributed by atoms with E-state index in [1.54, 1.807) is 12.1 Å². The maximum absolute atomic E-state index is 13.4. The molecule has 2 atom stereocenters. The van der Waals surface area contributed by atoms with Crippen molar-refractivity contribution in [3.05, 3.63) is 78.0 Å². The smallest absolute Gasteiger partial charge is 0.264 e.